The number of carbonyl (C=O) groups is 3. The van der Waals surface area contributed by atoms with Crippen molar-refractivity contribution in [3.05, 3.63) is 72.9 Å². The van der Waals surface area contributed by atoms with Gasteiger partial charge in [0.1, 0.15) is 13.2 Å². The van der Waals surface area contributed by atoms with Gasteiger partial charge in [-0.05, 0) is 109 Å². The molecule has 6 nitrogen and oxygen atoms in total. The number of hydrogen-bond donors (Lipinski definition) is 0. The van der Waals surface area contributed by atoms with Gasteiger partial charge in [-0.3, -0.25) is 14.4 Å². The minimum Gasteiger partial charge on any atom is -0.462 e. The van der Waals surface area contributed by atoms with Crippen molar-refractivity contribution in [3.8, 4) is 0 Å². The van der Waals surface area contributed by atoms with Crippen LogP contribution in [0.5, 0.6) is 0 Å². The van der Waals surface area contributed by atoms with Crippen molar-refractivity contribution >= 4 is 17.9 Å². The molecule has 0 aliphatic heterocycles. The van der Waals surface area contributed by atoms with Crippen molar-refractivity contribution in [1.82, 2.24) is 0 Å². The van der Waals surface area contributed by atoms with Crippen LogP contribution in [-0.2, 0) is 28.6 Å². The summed E-state index contributed by atoms with van der Waals surface area (Å²) in [4.78, 5) is 38.1. The van der Waals surface area contributed by atoms with Crippen LogP contribution in [0.25, 0.3) is 0 Å². The number of rotatable bonds is 49. The van der Waals surface area contributed by atoms with Crippen LogP contribution in [0.4, 0.5) is 0 Å². The Morgan fingerprint density at radius 2 is 0.600 bits per heavy atom. The fourth-order valence-electron chi connectivity index (χ4n) is 7.54. The first-order valence-electron chi connectivity index (χ1n) is 27.4. The van der Waals surface area contributed by atoms with E-state index in [0.29, 0.717) is 19.3 Å². The van der Waals surface area contributed by atoms with E-state index in [1.807, 2.05) is 0 Å². The molecule has 6 heteroatoms. The zero-order valence-electron chi connectivity index (χ0n) is 42.7. The van der Waals surface area contributed by atoms with Crippen molar-refractivity contribution in [2.24, 2.45) is 0 Å². The van der Waals surface area contributed by atoms with Crippen LogP contribution in [0.15, 0.2) is 72.9 Å². The molecule has 0 heterocycles. The molecule has 0 fully saturated rings. The van der Waals surface area contributed by atoms with E-state index >= 15 is 0 Å². The predicted molar refractivity (Wildman–Crippen MR) is 279 cm³/mol. The van der Waals surface area contributed by atoms with Crippen molar-refractivity contribution in [2.75, 3.05) is 13.2 Å². The number of unbranched alkanes of at least 4 members (excludes halogenated alkanes) is 26. The lowest BCUT2D eigenvalue weighted by Gasteiger charge is -2.18. The van der Waals surface area contributed by atoms with E-state index < -0.39 is 6.10 Å². The fourth-order valence-corrected chi connectivity index (χ4v) is 7.54. The van der Waals surface area contributed by atoms with Crippen LogP contribution in [0.3, 0.4) is 0 Å². The maximum absolute atomic E-state index is 12.8. The number of allylic oxidation sites excluding steroid dienone is 12. The van der Waals surface area contributed by atoms with Crippen LogP contribution >= 0.6 is 0 Å². The highest BCUT2D eigenvalue weighted by Gasteiger charge is 2.19. The van der Waals surface area contributed by atoms with Crippen LogP contribution in [0.2, 0.25) is 0 Å². The molecule has 0 aromatic carbocycles. The lowest BCUT2D eigenvalue weighted by molar-refractivity contribution is -0.167. The van der Waals surface area contributed by atoms with E-state index in [4.69, 9.17) is 14.2 Å². The molecule has 0 aromatic rings. The molecule has 0 aromatic heterocycles. The second kappa shape index (κ2) is 53.5. The normalized spacial score (nSPS) is 12.6. The Hall–Kier alpha value is -3.15. The third kappa shape index (κ3) is 51.7. The van der Waals surface area contributed by atoms with Crippen LogP contribution in [0.1, 0.15) is 265 Å². The molecule has 374 valence electrons. The Morgan fingerprint density at radius 3 is 0.985 bits per heavy atom. The molecule has 1 atom stereocenters. The van der Waals surface area contributed by atoms with Gasteiger partial charge < -0.3 is 14.2 Å². The minimum absolute atomic E-state index is 0.0891. The smallest absolute Gasteiger partial charge is 0.306 e. The highest BCUT2D eigenvalue weighted by molar-refractivity contribution is 5.71. The molecule has 0 saturated carbocycles. The Morgan fingerprint density at radius 1 is 0.323 bits per heavy atom. The molecular weight excluding hydrogens is 805 g/mol. The van der Waals surface area contributed by atoms with Gasteiger partial charge in [0.2, 0.25) is 0 Å². The summed E-state index contributed by atoms with van der Waals surface area (Å²) in [7, 11) is 0. The van der Waals surface area contributed by atoms with Gasteiger partial charge in [-0.2, -0.15) is 0 Å². The second-order valence-electron chi connectivity index (χ2n) is 18.1. The highest BCUT2D eigenvalue weighted by atomic mass is 16.6. The molecular formula is C59H102O6. The molecule has 0 spiro atoms. The Kier molecular flexibility index (Phi) is 50.9. The van der Waals surface area contributed by atoms with Gasteiger partial charge in [-0.1, -0.05) is 209 Å². The molecule has 1 unspecified atom stereocenters. The van der Waals surface area contributed by atoms with Gasteiger partial charge in [-0.25, -0.2) is 0 Å². The standard InChI is InChI=1S/C59H102O6/c1-4-7-10-13-16-19-22-25-28-29-32-34-37-40-43-46-49-52-58(61)64-55-56(65-59(62)53-50-47-44-41-38-35-31-27-24-21-18-15-12-9-6-3)54-63-57(60)51-48-45-42-39-36-33-30-26-23-20-17-14-11-8-5-2/h9,12,17-18,20-21,25-28,30-31,56H,4-8,10-11,13-16,19,22-24,29,32-55H2,1-3H3/b12-9-,20-17-,21-18-,28-25-,30-26-,31-27-. The first-order chi connectivity index (χ1) is 32.0. The molecule has 0 rings (SSSR count). The van der Waals surface area contributed by atoms with Crippen molar-refractivity contribution in [2.45, 2.75) is 271 Å². The third-order valence-corrected chi connectivity index (χ3v) is 11.7. The lowest BCUT2D eigenvalue weighted by atomic mass is 10.1. The summed E-state index contributed by atoms with van der Waals surface area (Å²) in [5, 5.41) is 0. The van der Waals surface area contributed by atoms with Crippen molar-refractivity contribution in [1.29, 1.82) is 0 Å². The maximum atomic E-state index is 12.8. The molecule has 0 N–H and O–H groups in total. The summed E-state index contributed by atoms with van der Waals surface area (Å²) in [5.41, 5.74) is 0. The molecule has 0 bridgehead atoms. The van der Waals surface area contributed by atoms with Gasteiger partial charge >= 0.3 is 17.9 Å². The van der Waals surface area contributed by atoms with Crippen LogP contribution < -0.4 is 0 Å². The topological polar surface area (TPSA) is 78.9 Å². The van der Waals surface area contributed by atoms with Gasteiger partial charge in [0.25, 0.3) is 0 Å². The van der Waals surface area contributed by atoms with Crippen molar-refractivity contribution < 1.29 is 28.6 Å². The molecule has 65 heavy (non-hydrogen) atoms. The van der Waals surface area contributed by atoms with Gasteiger partial charge in [0, 0.05) is 19.3 Å². The fraction of sp³-hybridized carbons (Fsp3) is 0.746. The number of ether oxygens (including phenoxy) is 3. The van der Waals surface area contributed by atoms with Gasteiger partial charge in [-0.15, -0.1) is 0 Å². The molecule has 0 aliphatic rings. The molecule has 0 saturated heterocycles. The summed E-state index contributed by atoms with van der Waals surface area (Å²) < 4.78 is 16.8. The summed E-state index contributed by atoms with van der Waals surface area (Å²) in [6.07, 6.45) is 67.4. The lowest BCUT2D eigenvalue weighted by Crippen LogP contribution is -2.30. The first-order valence-corrected chi connectivity index (χ1v) is 27.4. The Bertz CT molecular complexity index is 1230. The van der Waals surface area contributed by atoms with Gasteiger partial charge in [0.15, 0.2) is 6.10 Å². The van der Waals surface area contributed by atoms with Gasteiger partial charge in [0.05, 0.1) is 0 Å². The van der Waals surface area contributed by atoms with E-state index in [-0.39, 0.29) is 31.1 Å². The Balaban J connectivity index is 4.43. The zero-order chi connectivity index (χ0) is 47.2. The van der Waals surface area contributed by atoms with E-state index in [1.54, 1.807) is 0 Å². The third-order valence-electron chi connectivity index (χ3n) is 11.7. The predicted octanol–water partition coefficient (Wildman–Crippen LogP) is 18.2. The second-order valence-corrected chi connectivity index (χ2v) is 18.1. The number of hydrogen-bond acceptors (Lipinski definition) is 6. The van der Waals surface area contributed by atoms with Crippen molar-refractivity contribution in [3.63, 3.8) is 0 Å². The maximum Gasteiger partial charge on any atom is 0.306 e. The molecule has 0 radical (unpaired) electrons. The SMILES string of the molecule is CC/C=C\C/C=C\C/C=C\CCCCCCCC(=O)OC(COC(=O)CCCCCCC/C=C\C/C=C\CCCCC)COC(=O)CCCCCCCCC/C=C\CCCCCCCC. The van der Waals surface area contributed by atoms with E-state index in [9.17, 15) is 14.4 Å². The zero-order valence-corrected chi connectivity index (χ0v) is 42.7. The van der Waals surface area contributed by atoms with E-state index in [1.165, 1.54) is 109 Å². The van der Waals surface area contributed by atoms with E-state index in [2.05, 4.69) is 93.7 Å². The summed E-state index contributed by atoms with van der Waals surface area (Å²) in [6, 6.07) is 0. The quantitative estimate of drug-likeness (QED) is 0.0262. The monoisotopic (exact) mass is 907 g/mol. The Labute approximate surface area is 402 Å². The minimum atomic E-state index is -0.792. The number of esters is 3. The average Bonchev–Trinajstić information content (AvgIpc) is 3.30. The molecule has 0 aliphatic carbocycles. The van der Waals surface area contributed by atoms with Crippen LogP contribution in [-0.4, -0.2) is 37.2 Å². The summed E-state index contributed by atoms with van der Waals surface area (Å²) >= 11 is 0. The number of carbonyl (C=O) groups excluding carboxylic acids is 3. The highest BCUT2D eigenvalue weighted by Crippen LogP contribution is 2.14. The average molecular weight is 907 g/mol. The summed E-state index contributed by atoms with van der Waals surface area (Å²) in [5.74, 6) is -0.920. The molecule has 0 amide bonds. The summed E-state index contributed by atoms with van der Waals surface area (Å²) in [6.45, 7) is 6.48. The largest absolute Gasteiger partial charge is 0.462 e. The van der Waals surface area contributed by atoms with E-state index in [0.717, 1.165) is 116 Å². The first kappa shape index (κ1) is 61.9. The van der Waals surface area contributed by atoms with Crippen LogP contribution in [0, 0.1) is 0 Å².